The standard InChI is InChI=1S/C14H17N3O/c1-9(10-3-2-4-10)16-14(18)11-5-6-12-8-15-17-13(12)7-11/h5-10H,2-4H2,1H3,(H,15,17)(H,16,18). The molecule has 0 radical (unpaired) electrons. The van der Waals surface area contributed by atoms with Crippen molar-refractivity contribution in [3.8, 4) is 0 Å². The number of aromatic amines is 1. The molecule has 1 saturated carbocycles. The van der Waals surface area contributed by atoms with E-state index in [1.807, 2.05) is 18.2 Å². The van der Waals surface area contributed by atoms with Gasteiger partial charge in [-0.05, 0) is 37.8 Å². The molecule has 1 atom stereocenters. The highest BCUT2D eigenvalue weighted by atomic mass is 16.1. The van der Waals surface area contributed by atoms with Gasteiger partial charge in [0.1, 0.15) is 0 Å². The molecule has 1 aliphatic carbocycles. The van der Waals surface area contributed by atoms with Crippen molar-refractivity contribution in [1.82, 2.24) is 15.5 Å². The van der Waals surface area contributed by atoms with E-state index < -0.39 is 0 Å². The smallest absolute Gasteiger partial charge is 0.251 e. The highest BCUT2D eigenvalue weighted by Crippen LogP contribution is 2.29. The molecule has 0 aliphatic heterocycles. The molecular weight excluding hydrogens is 226 g/mol. The van der Waals surface area contributed by atoms with Crippen LogP contribution in [0, 0.1) is 5.92 Å². The number of fused-ring (bicyclic) bond motifs is 1. The number of carbonyl (C=O) groups is 1. The van der Waals surface area contributed by atoms with Gasteiger partial charge in [0.25, 0.3) is 5.91 Å². The zero-order valence-electron chi connectivity index (χ0n) is 10.4. The summed E-state index contributed by atoms with van der Waals surface area (Å²) in [4.78, 5) is 12.1. The maximum absolute atomic E-state index is 12.1. The Balaban J connectivity index is 1.74. The van der Waals surface area contributed by atoms with E-state index in [4.69, 9.17) is 0 Å². The lowest BCUT2D eigenvalue weighted by Crippen LogP contribution is -2.40. The Morgan fingerprint density at radius 2 is 2.33 bits per heavy atom. The van der Waals surface area contributed by atoms with Crippen molar-refractivity contribution in [3.63, 3.8) is 0 Å². The number of aromatic nitrogens is 2. The number of H-pyrrole nitrogens is 1. The van der Waals surface area contributed by atoms with Crippen LogP contribution in [0.1, 0.15) is 36.5 Å². The Morgan fingerprint density at radius 1 is 1.50 bits per heavy atom. The first-order valence-electron chi connectivity index (χ1n) is 6.48. The van der Waals surface area contributed by atoms with Gasteiger partial charge < -0.3 is 5.32 Å². The number of carbonyl (C=O) groups excluding carboxylic acids is 1. The van der Waals surface area contributed by atoms with Crippen molar-refractivity contribution in [1.29, 1.82) is 0 Å². The van der Waals surface area contributed by atoms with E-state index in [2.05, 4.69) is 22.4 Å². The molecule has 1 fully saturated rings. The minimum atomic E-state index is 0.00546. The summed E-state index contributed by atoms with van der Waals surface area (Å²) < 4.78 is 0. The Kier molecular flexibility index (Phi) is 2.78. The summed E-state index contributed by atoms with van der Waals surface area (Å²) in [6, 6.07) is 5.89. The van der Waals surface area contributed by atoms with Gasteiger partial charge in [-0.25, -0.2) is 0 Å². The van der Waals surface area contributed by atoms with Crippen LogP contribution in [-0.4, -0.2) is 22.1 Å². The van der Waals surface area contributed by atoms with Crippen LogP contribution in [0.4, 0.5) is 0 Å². The third-order valence-electron chi connectivity index (χ3n) is 3.92. The van der Waals surface area contributed by atoms with Gasteiger partial charge in [-0.2, -0.15) is 5.10 Å². The third-order valence-corrected chi connectivity index (χ3v) is 3.92. The number of amides is 1. The first-order chi connectivity index (χ1) is 8.74. The first kappa shape index (κ1) is 11.3. The highest BCUT2D eigenvalue weighted by molar-refractivity contribution is 5.97. The van der Waals surface area contributed by atoms with E-state index in [0.717, 1.165) is 10.9 Å². The van der Waals surface area contributed by atoms with Gasteiger partial charge in [-0.15, -0.1) is 0 Å². The molecule has 0 bridgehead atoms. The molecule has 1 heterocycles. The molecule has 1 unspecified atom stereocenters. The van der Waals surface area contributed by atoms with Gasteiger partial charge in [0, 0.05) is 17.0 Å². The maximum atomic E-state index is 12.1. The molecule has 4 nitrogen and oxygen atoms in total. The van der Waals surface area contributed by atoms with E-state index in [1.54, 1.807) is 6.20 Å². The van der Waals surface area contributed by atoms with E-state index in [1.165, 1.54) is 19.3 Å². The van der Waals surface area contributed by atoms with Gasteiger partial charge in [0.15, 0.2) is 0 Å². The lowest BCUT2D eigenvalue weighted by Gasteiger charge is -2.31. The van der Waals surface area contributed by atoms with Crippen molar-refractivity contribution < 1.29 is 4.79 Å². The fourth-order valence-electron chi connectivity index (χ4n) is 2.43. The second-order valence-electron chi connectivity index (χ2n) is 5.13. The summed E-state index contributed by atoms with van der Waals surface area (Å²) in [5.41, 5.74) is 1.59. The second kappa shape index (κ2) is 4.44. The first-order valence-corrected chi connectivity index (χ1v) is 6.48. The Morgan fingerprint density at radius 3 is 3.06 bits per heavy atom. The fraction of sp³-hybridized carbons (Fsp3) is 0.429. The molecule has 18 heavy (non-hydrogen) atoms. The van der Waals surface area contributed by atoms with Crippen LogP contribution in [0.25, 0.3) is 10.9 Å². The number of rotatable bonds is 3. The predicted molar refractivity (Wildman–Crippen MR) is 70.4 cm³/mol. The van der Waals surface area contributed by atoms with Gasteiger partial charge in [-0.1, -0.05) is 12.5 Å². The normalized spacial score (nSPS) is 17.4. The van der Waals surface area contributed by atoms with Crippen LogP contribution >= 0.6 is 0 Å². The summed E-state index contributed by atoms with van der Waals surface area (Å²) >= 11 is 0. The van der Waals surface area contributed by atoms with E-state index in [0.29, 0.717) is 11.5 Å². The molecule has 0 spiro atoms. The zero-order chi connectivity index (χ0) is 12.5. The van der Waals surface area contributed by atoms with Crippen LogP contribution in [0.15, 0.2) is 24.4 Å². The minimum Gasteiger partial charge on any atom is -0.349 e. The molecule has 1 aromatic heterocycles. The fourth-order valence-corrected chi connectivity index (χ4v) is 2.43. The Labute approximate surface area is 106 Å². The van der Waals surface area contributed by atoms with Crippen molar-refractivity contribution in [2.45, 2.75) is 32.2 Å². The van der Waals surface area contributed by atoms with Gasteiger partial charge in [-0.3, -0.25) is 9.89 Å². The average Bonchev–Trinajstić information content (AvgIpc) is 2.72. The Hall–Kier alpha value is -1.84. The average molecular weight is 243 g/mol. The SMILES string of the molecule is CC(NC(=O)c1ccc2cn[nH]c2c1)C1CCC1. The monoisotopic (exact) mass is 243 g/mol. The van der Waals surface area contributed by atoms with Gasteiger partial charge >= 0.3 is 0 Å². The molecule has 2 aromatic rings. The van der Waals surface area contributed by atoms with E-state index in [-0.39, 0.29) is 11.9 Å². The van der Waals surface area contributed by atoms with Crippen molar-refractivity contribution in [2.75, 3.05) is 0 Å². The summed E-state index contributed by atoms with van der Waals surface area (Å²) in [5, 5.41) is 10.9. The molecule has 4 heteroatoms. The van der Waals surface area contributed by atoms with Gasteiger partial charge in [0.05, 0.1) is 11.7 Å². The topological polar surface area (TPSA) is 57.8 Å². The minimum absolute atomic E-state index is 0.00546. The third kappa shape index (κ3) is 1.98. The number of nitrogens with zero attached hydrogens (tertiary/aromatic N) is 1. The van der Waals surface area contributed by atoms with E-state index >= 15 is 0 Å². The van der Waals surface area contributed by atoms with Gasteiger partial charge in [0.2, 0.25) is 0 Å². The maximum Gasteiger partial charge on any atom is 0.251 e. The molecule has 2 N–H and O–H groups in total. The molecular formula is C14H17N3O. The highest BCUT2D eigenvalue weighted by Gasteiger charge is 2.25. The molecule has 1 aromatic carbocycles. The van der Waals surface area contributed by atoms with Crippen LogP contribution in [0.2, 0.25) is 0 Å². The summed E-state index contributed by atoms with van der Waals surface area (Å²) in [7, 11) is 0. The molecule has 1 aliphatic rings. The number of benzene rings is 1. The quantitative estimate of drug-likeness (QED) is 0.870. The van der Waals surface area contributed by atoms with E-state index in [9.17, 15) is 4.79 Å². The summed E-state index contributed by atoms with van der Waals surface area (Å²) in [6.45, 7) is 2.09. The van der Waals surface area contributed by atoms with Crippen molar-refractivity contribution in [2.24, 2.45) is 5.92 Å². The predicted octanol–water partition coefficient (Wildman–Crippen LogP) is 2.48. The molecule has 1 amide bonds. The van der Waals surface area contributed by atoms with Crippen LogP contribution < -0.4 is 5.32 Å². The summed E-state index contributed by atoms with van der Waals surface area (Å²) in [6.07, 6.45) is 5.53. The van der Waals surface area contributed by atoms with Crippen LogP contribution in [0.3, 0.4) is 0 Å². The van der Waals surface area contributed by atoms with Crippen LogP contribution in [0.5, 0.6) is 0 Å². The largest absolute Gasteiger partial charge is 0.349 e. The summed E-state index contributed by atoms with van der Waals surface area (Å²) in [5.74, 6) is 0.663. The van der Waals surface area contributed by atoms with Crippen molar-refractivity contribution in [3.05, 3.63) is 30.0 Å². The molecule has 3 rings (SSSR count). The van der Waals surface area contributed by atoms with Crippen LogP contribution in [-0.2, 0) is 0 Å². The molecule has 0 saturated heterocycles. The lowest BCUT2D eigenvalue weighted by molar-refractivity contribution is 0.0909. The molecule has 94 valence electrons. The number of hydrogen-bond acceptors (Lipinski definition) is 2. The second-order valence-corrected chi connectivity index (χ2v) is 5.13. The Bertz CT molecular complexity index is 571. The number of nitrogens with one attached hydrogen (secondary N) is 2. The lowest BCUT2D eigenvalue weighted by atomic mass is 9.80. The number of hydrogen-bond donors (Lipinski definition) is 2. The zero-order valence-corrected chi connectivity index (χ0v) is 10.4. The van der Waals surface area contributed by atoms with Crippen molar-refractivity contribution >= 4 is 16.8 Å².